The van der Waals surface area contributed by atoms with Gasteiger partial charge in [-0.15, -0.1) is 11.3 Å². The maximum Gasteiger partial charge on any atom is 0.305 e. The van der Waals surface area contributed by atoms with Gasteiger partial charge in [0.15, 0.2) is 21.5 Å². The van der Waals surface area contributed by atoms with Crippen LogP contribution in [0.15, 0.2) is 47.0 Å². The van der Waals surface area contributed by atoms with E-state index in [1.165, 1.54) is 11.3 Å². The number of aryl methyl sites for hydroxylation is 1. The van der Waals surface area contributed by atoms with Gasteiger partial charge in [-0.05, 0) is 30.5 Å². The maximum atomic E-state index is 12.9. The second kappa shape index (κ2) is 7.42. The van der Waals surface area contributed by atoms with Gasteiger partial charge < -0.3 is 9.52 Å². The van der Waals surface area contributed by atoms with E-state index in [1.54, 1.807) is 19.2 Å². The lowest BCUT2D eigenvalue weighted by Gasteiger charge is -2.34. The number of benzene rings is 1. The summed E-state index contributed by atoms with van der Waals surface area (Å²) >= 11 is 1.36. The van der Waals surface area contributed by atoms with Crippen molar-refractivity contribution < 1.29 is 22.7 Å². The molecule has 4 rings (SSSR count). The molecular weight excluding hydrogens is 410 g/mol. The summed E-state index contributed by atoms with van der Waals surface area (Å²) in [6.07, 6.45) is 2.94. The number of oxazole rings is 1. The second-order valence-corrected chi connectivity index (χ2v) is 10.8. The number of sulfone groups is 1. The summed E-state index contributed by atoms with van der Waals surface area (Å²) in [7, 11) is -3.53. The molecule has 0 saturated carbocycles. The first-order valence-electron chi connectivity index (χ1n) is 9.38. The Bertz CT molecular complexity index is 1140. The molecule has 1 aromatic carbocycles. The monoisotopic (exact) mass is 431 g/mol. The predicted molar refractivity (Wildman–Crippen MR) is 112 cm³/mol. The Morgan fingerprint density at radius 1 is 1.17 bits per heavy atom. The molecule has 29 heavy (non-hydrogen) atoms. The number of aliphatic carboxylic acids is 1. The fraction of sp³-hybridized carbons (Fsp3) is 0.333. The lowest BCUT2D eigenvalue weighted by Crippen LogP contribution is -2.41. The van der Waals surface area contributed by atoms with Gasteiger partial charge in [-0.25, -0.2) is 13.4 Å². The maximum absolute atomic E-state index is 12.9. The zero-order valence-corrected chi connectivity index (χ0v) is 17.6. The summed E-state index contributed by atoms with van der Waals surface area (Å²) in [6.45, 7) is 1.79. The number of carboxylic acid groups (broad SMARTS) is 1. The number of carboxylic acids is 1. The van der Waals surface area contributed by atoms with Crippen LogP contribution in [0, 0.1) is 6.92 Å². The highest BCUT2D eigenvalue weighted by molar-refractivity contribution is 7.92. The third-order valence-corrected chi connectivity index (χ3v) is 9.46. The molecule has 1 aliphatic rings. The Kier molecular flexibility index (Phi) is 5.08. The van der Waals surface area contributed by atoms with Crippen LogP contribution in [0.4, 0.5) is 0 Å². The fourth-order valence-corrected chi connectivity index (χ4v) is 7.67. The first-order valence-corrected chi connectivity index (χ1v) is 11.9. The van der Waals surface area contributed by atoms with E-state index in [0.717, 1.165) is 16.0 Å². The van der Waals surface area contributed by atoms with Crippen LogP contribution >= 0.6 is 11.3 Å². The van der Waals surface area contributed by atoms with Gasteiger partial charge in [-0.3, -0.25) is 4.79 Å². The first-order chi connectivity index (χ1) is 13.8. The van der Waals surface area contributed by atoms with Crippen LogP contribution in [-0.4, -0.2) is 30.2 Å². The van der Waals surface area contributed by atoms with E-state index >= 15 is 0 Å². The Morgan fingerprint density at radius 2 is 1.90 bits per heavy atom. The topological polar surface area (TPSA) is 97.5 Å². The molecule has 3 heterocycles. The molecule has 8 heteroatoms. The Hall–Kier alpha value is -2.45. The molecule has 152 valence electrons. The molecule has 0 aliphatic carbocycles. The minimum absolute atomic E-state index is 0.0405. The van der Waals surface area contributed by atoms with Gasteiger partial charge in [-0.1, -0.05) is 30.7 Å². The summed E-state index contributed by atoms with van der Waals surface area (Å²) in [6, 6.07) is 11.4. The number of hydrogen-bond donors (Lipinski definition) is 1. The van der Waals surface area contributed by atoms with Gasteiger partial charge in [0.2, 0.25) is 0 Å². The van der Waals surface area contributed by atoms with Gasteiger partial charge in [-0.2, -0.15) is 0 Å². The van der Waals surface area contributed by atoms with E-state index < -0.39 is 20.6 Å². The van der Waals surface area contributed by atoms with Crippen molar-refractivity contribution in [1.29, 1.82) is 0 Å². The number of rotatable bonds is 5. The van der Waals surface area contributed by atoms with Gasteiger partial charge in [0.05, 0.1) is 18.4 Å². The number of carbonyl (C=O) groups is 1. The van der Waals surface area contributed by atoms with Crippen LogP contribution in [0.5, 0.6) is 0 Å². The molecule has 3 aromatic rings. The quantitative estimate of drug-likeness (QED) is 0.632. The van der Waals surface area contributed by atoms with E-state index in [4.69, 9.17) is 4.42 Å². The van der Waals surface area contributed by atoms with Gasteiger partial charge in [0, 0.05) is 22.2 Å². The van der Waals surface area contributed by atoms with E-state index in [1.807, 2.05) is 30.3 Å². The van der Waals surface area contributed by atoms with E-state index in [9.17, 15) is 18.3 Å². The molecule has 2 aromatic heterocycles. The van der Waals surface area contributed by atoms with E-state index in [-0.39, 0.29) is 12.2 Å². The van der Waals surface area contributed by atoms with Crippen molar-refractivity contribution >= 4 is 27.1 Å². The Balaban J connectivity index is 1.68. The average molecular weight is 432 g/mol. The lowest BCUT2D eigenvalue weighted by molar-refractivity contribution is -0.137. The van der Waals surface area contributed by atoms with E-state index in [0.29, 0.717) is 35.8 Å². The van der Waals surface area contributed by atoms with Crippen LogP contribution in [0.2, 0.25) is 0 Å². The molecule has 6 nitrogen and oxygen atoms in total. The minimum Gasteiger partial charge on any atom is -0.481 e. The molecule has 1 N–H and O–H groups in total. The molecule has 1 aliphatic heterocycles. The fourth-order valence-electron chi connectivity index (χ4n) is 3.89. The predicted octanol–water partition coefficient (Wildman–Crippen LogP) is 4.65. The van der Waals surface area contributed by atoms with Crippen molar-refractivity contribution in [1.82, 2.24) is 4.98 Å². The largest absolute Gasteiger partial charge is 0.481 e. The molecule has 1 fully saturated rings. The number of hydrogen-bond acceptors (Lipinski definition) is 6. The Morgan fingerprint density at radius 3 is 2.52 bits per heavy atom. The smallest absolute Gasteiger partial charge is 0.305 e. The molecule has 0 unspecified atom stereocenters. The van der Waals surface area contributed by atoms with Gasteiger partial charge in [0.25, 0.3) is 0 Å². The molecule has 0 bridgehead atoms. The van der Waals surface area contributed by atoms with Crippen LogP contribution in [0.25, 0.3) is 21.8 Å². The molecule has 0 spiro atoms. The molecule has 0 radical (unpaired) electrons. The highest BCUT2D eigenvalue weighted by Gasteiger charge is 2.49. The van der Waals surface area contributed by atoms with Crippen molar-refractivity contribution in [2.24, 2.45) is 0 Å². The molecule has 1 saturated heterocycles. The number of aromatic nitrogens is 1. The molecule has 0 amide bonds. The summed E-state index contributed by atoms with van der Waals surface area (Å²) in [5.41, 5.74) is 1.85. The highest BCUT2D eigenvalue weighted by atomic mass is 32.2. The SMILES string of the molecule is Cc1ncc(-c2ccc(-c3ccc([C@@]4(CC(=O)O)CCCCS4(=O)=O)s3)cc2)o1. The number of nitrogens with zero attached hydrogens (tertiary/aromatic N) is 1. The third-order valence-electron chi connectivity index (χ3n) is 5.41. The van der Waals surface area contributed by atoms with Crippen LogP contribution in [-0.2, 0) is 19.4 Å². The van der Waals surface area contributed by atoms with Crippen molar-refractivity contribution in [3.05, 3.63) is 53.4 Å². The Labute approximate surface area is 173 Å². The zero-order chi connectivity index (χ0) is 20.6. The van der Waals surface area contributed by atoms with Gasteiger partial charge in [0.1, 0.15) is 4.75 Å². The third kappa shape index (κ3) is 3.62. The van der Waals surface area contributed by atoms with E-state index in [2.05, 4.69) is 4.98 Å². The minimum atomic E-state index is -3.53. The first kappa shape index (κ1) is 19.8. The van der Waals surface area contributed by atoms with Crippen LogP contribution in [0.1, 0.15) is 36.5 Å². The second-order valence-electron chi connectivity index (χ2n) is 7.33. The molecular formula is C21H21NO5S2. The van der Waals surface area contributed by atoms with Crippen LogP contribution < -0.4 is 0 Å². The van der Waals surface area contributed by atoms with Crippen molar-refractivity contribution in [2.45, 2.75) is 37.4 Å². The standard InChI is InChI=1S/C21H21NO5S2/c1-14-22-13-17(27-14)15-4-6-16(7-5-15)18-8-9-19(28-18)21(12-20(23)24)10-2-3-11-29(21,25)26/h4-9,13H,2-3,10-12H2,1H3,(H,23,24)/t21-/m0/s1. The van der Waals surface area contributed by atoms with Crippen LogP contribution in [0.3, 0.4) is 0 Å². The lowest BCUT2D eigenvalue weighted by atomic mass is 9.95. The summed E-state index contributed by atoms with van der Waals surface area (Å²) in [5, 5.41) is 9.41. The highest BCUT2D eigenvalue weighted by Crippen LogP contribution is 2.47. The van der Waals surface area contributed by atoms with Gasteiger partial charge >= 0.3 is 5.97 Å². The molecule has 1 atom stereocenters. The average Bonchev–Trinajstić information content (AvgIpc) is 3.33. The van der Waals surface area contributed by atoms with Crippen molar-refractivity contribution in [3.8, 4) is 21.8 Å². The van der Waals surface area contributed by atoms with Crippen molar-refractivity contribution in [2.75, 3.05) is 5.75 Å². The normalized spacial score (nSPS) is 21.1. The summed E-state index contributed by atoms with van der Waals surface area (Å²) in [5.74, 6) is 0.245. The summed E-state index contributed by atoms with van der Waals surface area (Å²) in [4.78, 5) is 17.1. The zero-order valence-electron chi connectivity index (χ0n) is 15.9. The number of thiophene rings is 1. The summed E-state index contributed by atoms with van der Waals surface area (Å²) < 4.78 is 30.1. The van der Waals surface area contributed by atoms with Crippen molar-refractivity contribution in [3.63, 3.8) is 0 Å².